The molecule has 0 spiro atoms. The minimum absolute atomic E-state index is 0.177. The number of nitrogens with zero attached hydrogens (tertiary/aromatic N) is 2. The highest BCUT2D eigenvalue weighted by Crippen LogP contribution is 2.16. The molecule has 0 atom stereocenters. The molecule has 0 unspecified atom stereocenters. The van der Waals surface area contributed by atoms with Crippen molar-refractivity contribution in [1.29, 1.82) is 0 Å². The number of carbonyl (C=O) groups is 1. The molecule has 1 heterocycles. The number of carbonyl (C=O) groups excluding carboxylic acids is 1. The van der Waals surface area contributed by atoms with E-state index in [2.05, 4.69) is 20.4 Å². The molecular formula is C20H25FN4O. The first kappa shape index (κ1) is 18.2. The molecule has 2 N–H and O–H groups in total. The average Bonchev–Trinajstić information content (AvgIpc) is 2.65. The molecule has 0 bridgehead atoms. The molecule has 2 aromatic carbocycles. The van der Waals surface area contributed by atoms with Crippen LogP contribution in [0.4, 0.5) is 20.6 Å². The van der Waals surface area contributed by atoms with E-state index in [1.165, 1.54) is 12.1 Å². The third kappa shape index (κ3) is 4.95. The summed E-state index contributed by atoms with van der Waals surface area (Å²) >= 11 is 0. The first-order chi connectivity index (χ1) is 12.6. The molecule has 26 heavy (non-hydrogen) atoms. The van der Waals surface area contributed by atoms with Crippen molar-refractivity contribution in [2.24, 2.45) is 0 Å². The van der Waals surface area contributed by atoms with E-state index < -0.39 is 0 Å². The molecule has 0 radical (unpaired) electrons. The van der Waals surface area contributed by atoms with Crippen LogP contribution in [0.3, 0.4) is 0 Å². The molecule has 1 fully saturated rings. The number of aryl methyl sites for hydroxylation is 1. The predicted octanol–water partition coefficient (Wildman–Crippen LogP) is 3.08. The Bertz CT molecular complexity index is 727. The Labute approximate surface area is 153 Å². The lowest BCUT2D eigenvalue weighted by Crippen LogP contribution is -2.48. The molecule has 138 valence electrons. The highest BCUT2D eigenvalue weighted by atomic mass is 19.1. The molecule has 2 amide bonds. The van der Waals surface area contributed by atoms with Gasteiger partial charge in [-0.3, -0.25) is 4.90 Å². The first-order valence-corrected chi connectivity index (χ1v) is 8.95. The minimum atomic E-state index is -0.206. The second-order valence-corrected chi connectivity index (χ2v) is 6.50. The summed E-state index contributed by atoms with van der Waals surface area (Å²) in [7, 11) is 0. The summed E-state index contributed by atoms with van der Waals surface area (Å²) in [6, 6.07) is 14.2. The van der Waals surface area contributed by atoms with Crippen molar-refractivity contribution in [3.63, 3.8) is 0 Å². The maximum Gasteiger partial charge on any atom is 0.319 e. The van der Waals surface area contributed by atoms with E-state index in [-0.39, 0.29) is 11.8 Å². The number of hydrogen-bond donors (Lipinski definition) is 2. The van der Waals surface area contributed by atoms with E-state index in [1.807, 2.05) is 43.3 Å². The fourth-order valence-corrected chi connectivity index (χ4v) is 3.09. The number of amides is 2. The minimum Gasteiger partial charge on any atom is -0.369 e. The Kier molecular flexibility index (Phi) is 6.07. The van der Waals surface area contributed by atoms with Crippen LogP contribution in [0.2, 0.25) is 0 Å². The molecule has 6 heteroatoms. The zero-order valence-electron chi connectivity index (χ0n) is 15.0. The Balaban J connectivity index is 1.37. The molecule has 5 nitrogen and oxygen atoms in total. The maximum absolute atomic E-state index is 13.0. The molecule has 1 saturated heterocycles. The second-order valence-electron chi connectivity index (χ2n) is 6.50. The summed E-state index contributed by atoms with van der Waals surface area (Å²) in [6.07, 6.45) is 0. The van der Waals surface area contributed by atoms with Gasteiger partial charge in [0.1, 0.15) is 5.82 Å². The van der Waals surface area contributed by atoms with Gasteiger partial charge in [0.05, 0.1) is 0 Å². The van der Waals surface area contributed by atoms with Crippen LogP contribution in [0, 0.1) is 12.7 Å². The molecule has 1 aliphatic heterocycles. The lowest BCUT2D eigenvalue weighted by Gasteiger charge is -2.36. The van der Waals surface area contributed by atoms with Gasteiger partial charge in [0.15, 0.2) is 0 Å². The van der Waals surface area contributed by atoms with Crippen molar-refractivity contribution in [1.82, 2.24) is 10.2 Å². The third-order valence-electron chi connectivity index (χ3n) is 4.67. The van der Waals surface area contributed by atoms with E-state index in [0.29, 0.717) is 6.54 Å². The first-order valence-electron chi connectivity index (χ1n) is 8.95. The van der Waals surface area contributed by atoms with Gasteiger partial charge in [-0.15, -0.1) is 0 Å². The molecule has 1 aliphatic rings. The lowest BCUT2D eigenvalue weighted by atomic mass is 10.2. The topological polar surface area (TPSA) is 47.6 Å². The van der Waals surface area contributed by atoms with Gasteiger partial charge in [0.2, 0.25) is 0 Å². The van der Waals surface area contributed by atoms with Crippen molar-refractivity contribution < 1.29 is 9.18 Å². The third-order valence-corrected chi connectivity index (χ3v) is 4.67. The van der Waals surface area contributed by atoms with Crippen molar-refractivity contribution in [2.45, 2.75) is 6.92 Å². The van der Waals surface area contributed by atoms with Crippen LogP contribution < -0.4 is 15.5 Å². The number of halogens is 1. The summed E-state index contributed by atoms with van der Waals surface area (Å²) < 4.78 is 13.0. The van der Waals surface area contributed by atoms with Crippen LogP contribution in [0.1, 0.15) is 5.56 Å². The summed E-state index contributed by atoms with van der Waals surface area (Å²) in [5, 5.41) is 5.78. The van der Waals surface area contributed by atoms with Crippen LogP contribution in [0.25, 0.3) is 0 Å². The Morgan fingerprint density at radius 3 is 2.42 bits per heavy atom. The monoisotopic (exact) mass is 356 g/mol. The van der Waals surface area contributed by atoms with E-state index >= 15 is 0 Å². The smallest absolute Gasteiger partial charge is 0.319 e. The normalized spacial score (nSPS) is 14.9. The average molecular weight is 356 g/mol. The summed E-state index contributed by atoms with van der Waals surface area (Å²) in [5.74, 6) is -0.206. The van der Waals surface area contributed by atoms with Gasteiger partial charge in [0, 0.05) is 50.6 Å². The van der Waals surface area contributed by atoms with E-state index in [1.54, 1.807) is 0 Å². The summed E-state index contributed by atoms with van der Waals surface area (Å²) in [4.78, 5) is 16.6. The van der Waals surface area contributed by atoms with Crippen LogP contribution in [-0.2, 0) is 0 Å². The number of hydrogen-bond acceptors (Lipinski definition) is 3. The van der Waals surface area contributed by atoms with Crippen molar-refractivity contribution in [2.75, 3.05) is 49.5 Å². The highest BCUT2D eigenvalue weighted by Gasteiger charge is 2.17. The van der Waals surface area contributed by atoms with Crippen LogP contribution in [0.15, 0.2) is 48.5 Å². The second kappa shape index (κ2) is 8.67. The molecule has 0 aromatic heterocycles. The molecule has 0 aliphatic carbocycles. The Morgan fingerprint density at radius 1 is 1.04 bits per heavy atom. The number of urea groups is 1. The van der Waals surface area contributed by atoms with E-state index in [9.17, 15) is 9.18 Å². The van der Waals surface area contributed by atoms with Crippen LogP contribution in [0.5, 0.6) is 0 Å². The van der Waals surface area contributed by atoms with Gasteiger partial charge in [-0.05, 0) is 42.8 Å². The largest absolute Gasteiger partial charge is 0.369 e. The van der Waals surface area contributed by atoms with Crippen molar-refractivity contribution >= 4 is 17.4 Å². The summed E-state index contributed by atoms with van der Waals surface area (Å²) in [6.45, 7) is 7.06. The van der Waals surface area contributed by atoms with Gasteiger partial charge in [-0.25, -0.2) is 9.18 Å². The van der Waals surface area contributed by atoms with Gasteiger partial charge in [-0.2, -0.15) is 0 Å². The van der Waals surface area contributed by atoms with Crippen LogP contribution >= 0.6 is 0 Å². The molecule has 0 saturated carbocycles. The number of nitrogens with one attached hydrogen (secondary N) is 2. The number of para-hydroxylation sites is 1. The maximum atomic E-state index is 13.0. The zero-order chi connectivity index (χ0) is 18.4. The quantitative estimate of drug-likeness (QED) is 0.866. The Hall–Kier alpha value is -2.60. The van der Waals surface area contributed by atoms with Gasteiger partial charge in [-0.1, -0.05) is 18.2 Å². The molecule has 2 aromatic rings. The summed E-state index contributed by atoms with van der Waals surface area (Å²) in [5.41, 5.74) is 2.93. The highest BCUT2D eigenvalue weighted by molar-refractivity contribution is 5.89. The molecule has 3 rings (SSSR count). The molecular weight excluding hydrogens is 331 g/mol. The number of anilines is 2. The fourth-order valence-electron chi connectivity index (χ4n) is 3.09. The number of piperazine rings is 1. The zero-order valence-corrected chi connectivity index (χ0v) is 15.0. The fraction of sp³-hybridized carbons (Fsp3) is 0.350. The Morgan fingerprint density at radius 2 is 1.73 bits per heavy atom. The lowest BCUT2D eigenvalue weighted by molar-refractivity contribution is 0.240. The predicted molar refractivity (Wildman–Crippen MR) is 103 cm³/mol. The van der Waals surface area contributed by atoms with Crippen LogP contribution in [-0.4, -0.2) is 50.2 Å². The standard InChI is InChI=1S/C20H25FN4O/c1-16-4-2-3-5-19(16)23-20(26)22-10-11-24-12-14-25(15-13-24)18-8-6-17(21)7-9-18/h2-9H,10-15H2,1H3,(H2,22,23,26). The van der Waals surface area contributed by atoms with E-state index in [4.69, 9.17) is 0 Å². The SMILES string of the molecule is Cc1ccccc1NC(=O)NCCN1CCN(c2ccc(F)cc2)CC1. The number of benzene rings is 2. The van der Waals surface area contributed by atoms with Gasteiger partial charge >= 0.3 is 6.03 Å². The number of rotatable bonds is 5. The van der Waals surface area contributed by atoms with Gasteiger partial charge in [0.25, 0.3) is 0 Å². The van der Waals surface area contributed by atoms with Crippen molar-refractivity contribution in [3.8, 4) is 0 Å². The van der Waals surface area contributed by atoms with Gasteiger partial charge < -0.3 is 15.5 Å². The van der Waals surface area contributed by atoms with E-state index in [0.717, 1.165) is 49.7 Å². The van der Waals surface area contributed by atoms with Crippen molar-refractivity contribution in [3.05, 3.63) is 59.9 Å².